The number of benzene rings is 3. The molecule has 0 bridgehead atoms. The van der Waals surface area contributed by atoms with Crippen molar-refractivity contribution < 1.29 is 33.6 Å². The fraction of sp³-hybridized carbons (Fsp3) is 0.310. The number of hydrogen-bond donors (Lipinski definition) is 1. The quantitative estimate of drug-likeness (QED) is 0.353. The number of phenols is 1. The SMILES string of the molecule is COc1cc(O)c(-c2c(C)cc(OC(C)C)c3c2C(=O)c2cccc(OC(C)C)c2C3=O)c(OC)c1. The van der Waals surface area contributed by atoms with Gasteiger partial charge in [-0.2, -0.15) is 0 Å². The molecule has 1 N–H and O–H groups in total. The molecule has 188 valence electrons. The molecule has 1 aliphatic rings. The largest absolute Gasteiger partial charge is 0.507 e. The summed E-state index contributed by atoms with van der Waals surface area (Å²) < 4.78 is 22.8. The van der Waals surface area contributed by atoms with E-state index in [1.54, 1.807) is 37.3 Å². The first-order valence-corrected chi connectivity index (χ1v) is 11.8. The average molecular weight is 491 g/mol. The Morgan fingerprint density at radius 1 is 0.694 bits per heavy atom. The zero-order chi connectivity index (χ0) is 26.3. The molecule has 0 aromatic heterocycles. The third-order valence-electron chi connectivity index (χ3n) is 5.93. The van der Waals surface area contributed by atoms with Crippen molar-refractivity contribution in [3.05, 3.63) is 64.2 Å². The molecule has 3 aromatic rings. The minimum Gasteiger partial charge on any atom is -0.507 e. The van der Waals surface area contributed by atoms with E-state index in [9.17, 15) is 14.7 Å². The van der Waals surface area contributed by atoms with Gasteiger partial charge in [-0.3, -0.25) is 9.59 Å². The maximum atomic E-state index is 14.1. The van der Waals surface area contributed by atoms with Crippen molar-refractivity contribution in [2.24, 2.45) is 0 Å². The van der Waals surface area contributed by atoms with Crippen LogP contribution in [0.25, 0.3) is 11.1 Å². The molecule has 7 nitrogen and oxygen atoms in total. The molecule has 0 heterocycles. The van der Waals surface area contributed by atoms with E-state index in [-0.39, 0.29) is 51.8 Å². The number of aromatic hydroxyl groups is 1. The number of fused-ring (bicyclic) bond motifs is 2. The predicted molar refractivity (Wildman–Crippen MR) is 136 cm³/mol. The highest BCUT2D eigenvalue weighted by Gasteiger charge is 2.39. The number of ketones is 2. The number of ether oxygens (including phenoxy) is 4. The van der Waals surface area contributed by atoms with Crippen molar-refractivity contribution in [1.29, 1.82) is 0 Å². The molecular formula is C29H30O7. The molecule has 3 aromatic carbocycles. The average Bonchev–Trinajstić information content (AvgIpc) is 2.81. The van der Waals surface area contributed by atoms with Crippen LogP contribution in [-0.2, 0) is 0 Å². The van der Waals surface area contributed by atoms with Gasteiger partial charge >= 0.3 is 0 Å². The highest BCUT2D eigenvalue weighted by molar-refractivity contribution is 6.32. The van der Waals surface area contributed by atoms with E-state index in [0.717, 1.165) is 0 Å². The molecule has 0 unspecified atom stereocenters. The van der Waals surface area contributed by atoms with Gasteiger partial charge in [0.2, 0.25) is 5.78 Å². The minimum atomic E-state index is -0.375. The molecule has 0 amide bonds. The Bertz CT molecular complexity index is 1370. The van der Waals surface area contributed by atoms with Crippen LogP contribution in [0, 0.1) is 6.92 Å². The molecule has 0 fully saturated rings. The molecule has 0 atom stereocenters. The van der Waals surface area contributed by atoms with Gasteiger partial charge < -0.3 is 24.1 Å². The lowest BCUT2D eigenvalue weighted by atomic mass is 9.77. The zero-order valence-corrected chi connectivity index (χ0v) is 21.5. The normalized spacial score (nSPS) is 12.5. The summed E-state index contributed by atoms with van der Waals surface area (Å²) in [5.41, 5.74) is 2.07. The molecule has 36 heavy (non-hydrogen) atoms. The van der Waals surface area contributed by atoms with E-state index >= 15 is 0 Å². The van der Waals surface area contributed by atoms with Crippen molar-refractivity contribution in [2.75, 3.05) is 14.2 Å². The number of carbonyl (C=O) groups is 2. The van der Waals surface area contributed by atoms with Crippen LogP contribution in [0.3, 0.4) is 0 Å². The topological polar surface area (TPSA) is 91.3 Å². The molecule has 0 saturated heterocycles. The molecule has 0 saturated carbocycles. The van der Waals surface area contributed by atoms with Crippen LogP contribution in [0.4, 0.5) is 0 Å². The molecule has 0 radical (unpaired) electrons. The van der Waals surface area contributed by atoms with E-state index in [1.165, 1.54) is 20.3 Å². The molecule has 4 rings (SSSR count). The highest BCUT2D eigenvalue weighted by Crippen LogP contribution is 2.49. The third kappa shape index (κ3) is 4.15. The fourth-order valence-electron chi connectivity index (χ4n) is 4.58. The standard InChI is InChI=1S/C29H30O7/c1-14(2)35-20-10-8-9-18-24(20)29(32)26-22(36-15(3)4)11-16(5)23(27(26)28(18)31)25-19(30)12-17(33-6)13-21(25)34-7/h8-15,30H,1-7H3. The third-order valence-corrected chi connectivity index (χ3v) is 5.93. The van der Waals surface area contributed by atoms with Gasteiger partial charge in [0.1, 0.15) is 28.7 Å². The van der Waals surface area contributed by atoms with E-state index in [0.29, 0.717) is 39.7 Å². The van der Waals surface area contributed by atoms with Crippen LogP contribution in [0.15, 0.2) is 36.4 Å². The Kier molecular flexibility index (Phi) is 6.67. The van der Waals surface area contributed by atoms with E-state index in [1.807, 2.05) is 27.7 Å². The summed E-state index contributed by atoms with van der Waals surface area (Å²) in [4.78, 5) is 28.2. The molecule has 0 spiro atoms. The van der Waals surface area contributed by atoms with E-state index in [2.05, 4.69) is 0 Å². The number of phenolic OH excluding ortho intramolecular Hbond substituents is 1. The van der Waals surface area contributed by atoms with Gasteiger partial charge in [-0.1, -0.05) is 12.1 Å². The van der Waals surface area contributed by atoms with Gasteiger partial charge in [0.15, 0.2) is 5.78 Å². The summed E-state index contributed by atoms with van der Waals surface area (Å²) in [6.07, 6.45) is -0.434. The maximum Gasteiger partial charge on any atom is 0.202 e. The summed E-state index contributed by atoms with van der Waals surface area (Å²) in [6, 6.07) is 9.78. The lowest BCUT2D eigenvalue weighted by Gasteiger charge is -2.27. The van der Waals surface area contributed by atoms with Crippen molar-refractivity contribution in [3.63, 3.8) is 0 Å². The summed E-state index contributed by atoms with van der Waals surface area (Å²) in [7, 11) is 2.95. The van der Waals surface area contributed by atoms with Crippen LogP contribution in [0.1, 0.15) is 65.1 Å². The lowest BCUT2D eigenvalue weighted by molar-refractivity contribution is 0.0969. The van der Waals surface area contributed by atoms with Crippen molar-refractivity contribution in [1.82, 2.24) is 0 Å². The highest BCUT2D eigenvalue weighted by atomic mass is 16.5. The van der Waals surface area contributed by atoms with Crippen molar-refractivity contribution in [3.8, 4) is 39.9 Å². The van der Waals surface area contributed by atoms with Gasteiger partial charge in [-0.05, 0) is 52.3 Å². The first kappa shape index (κ1) is 25.1. The maximum absolute atomic E-state index is 14.1. The summed E-state index contributed by atoms with van der Waals surface area (Å²) >= 11 is 0. The molecule has 7 heteroatoms. The summed E-state index contributed by atoms with van der Waals surface area (Å²) in [5.74, 6) is 0.459. The number of aryl methyl sites for hydroxylation is 1. The lowest BCUT2D eigenvalue weighted by Crippen LogP contribution is -2.25. The number of methoxy groups -OCH3 is 2. The van der Waals surface area contributed by atoms with Crippen LogP contribution < -0.4 is 18.9 Å². The van der Waals surface area contributed by atoms with Crippen LogP contribution in [0.2, 0.25) is 0 Å². The zero-order valence-electron chi connectivity index (χ0n) is 21.5. The van der Waals surface area contributed by atoms with Gasteiger partial charge in [-0.15, -0.1) is 0 Å². The second-order valence-corrected chi connectivity index (χ2v) is 9.21. The minimum absolute atomic E-state index is 0.138. The first-order chi connectivity index (χ1) is 17.1. The van der Waals surface area contributed by atoms with Crippen LogP contribution >= 0.6 is 0 Å². The van der Waals surface area contributed by atoms with Crippen LogP contribution in [0.5, 0.6) is 28.7 Å². The van der Waals surface area contributed by atoms with Crippen molar-refractivity contribution in [2.45, 2.75) is 46.8 Å². The van der Waals surface area contributed by atoms with Crippen LogP contribution in [-0.4, -0.2) is 43.1 Å². The smallest absolute Gasteiger partial charge is 0.202 e. The second-order valence-electron chi connectivity index (χ2n) is 9.21. The number of rotatable bonds is 7. The molecule has 0 aliphatic heterocycles. The molecular weight excluding hydrogens is 460 g/mol. The predicted octanol–water partition coefficient (Wildman–Crippen LogP) is 5.73. The van der Waals surface area contributed by atoms with Crippen molar-refractivity contribution >= 4 is 11.6 Å². The summed E-state index contributed by atoms with van der Waals surface area (Å²) in [5, 5.41) is 11.0. The Hall–Kier alpha value is -4.00. The number of hydrogen-bond acceptors (Lipinski definition) is 7. The van der Waals surface area contributed by atoms with Gasteiger partial charge in [0.25, 0.3) is 0 Å². The Morgan fingerprint density at radius 3 is 1.97 bits per heavy atom. The summed E-state index contributed by atoms with van der Waals surface area (Å²) in [6.45, 7) is 9.22. The monoisotopic (exact) mass is 490 g/mol. The van der Waals surface area contributed by atoms with E-state index in [4.69, 9.17) is 18.9 Å². The molecule has 1 aliphatic carbocycles. The van der Waals surface area contributed by atoms with Gasteiger partial charge in [-0.25, -0.2) is 0 Å². The van der Waals surface area contributed by atoms with Gasteiger partial charge in [0, 0.05) is 28.8 Å². The Morgan fingerprint density at radius 2 is 1.36 bits per heavy atom. The number of carbonyl (C=O) groups excluding carboxylic acids is 2. The second kappa shape index (κ2) is 9.57. The van der Waals surface area contributed by atoms with E-state index < -0.39 is 0 Å². The Labute approximate surface area is 210 Å². The first-order valence-electron chi connectivity index (χ1n) is 11.8. The van der Waals surface area contributed by atoms with Gasteiger partial charge in [0.05, 0.1) is 43.1 Å². The fourth-order valence-corrected chi connectivity index (χ4v) is 4.58. The Balaban J connectivity index is 2.10.